The first kappa shape index (κ1) is 21.2. The topological polar surface area (TPSA) is 49.7 Å². The third-order valence-electron chi connectivity index (χ3n) is 7.31. The zero-order chi connectivity index (χ0) is 18.7. The molecule has 148 valence electrons. The standard InChI is InChI=1S/C22H42O3/c1-6-12-22(24,13-7-2)16-25-15-20(3,4)19-11-10-17-18(23)9-8-14-21(17,19)5/h17-19,23-24H,6-16H2,1-5H3/t17?,18?,19-,21?/m1/s1. The van der Waals surface area contributed by atoms with Crippen molar-refractivity contribution < 1.29 is 14.9 Å². The molecule has 0 heterocycles. The molecule has 0 aromatic carbocycles. The van der Waals surface area contributed by atoms with E-state index < -0.39 is 5.60 Å². The fraction of sp³-hybridized carbons (Fsp3) is 1.00. The summed E-state index contributed by atoms with van der Waals surface area (Å²) in [5, 5.41) is 21.3. The van der Waals surface area contributed by atoms with Crippen molar-refractivity contribution in [2.24, 2.45) is 22.7 Å². The summed E-state index contributed by atoms with van der Waals surface area (Å²) in [6.45, 7) is 12.5. The van der Waals surface area contributed by atoms with Gasteiger partial charge in [0.1, 0.15) is 0 Å². The maximum absolute atomic E-state index is 10.8. The van der Waals surface area contributed by atoms with E-state index in [1.54, 1.807) is 0 Å². The van der Waals surface area contributed by atoms with Gasteiger partial charge in [0.25, 0.3) is 0 Å². The summed E-state index contributed by atoms with van der Waals surface area (Å²) in [7, 11) is 0. The molecule has 2 saturated carbocycles. The normalized spacial score (nSPS) is 33.5. The summed E-state index contributed by atoms with van der Waals surface area (Å²) in [4.78, 5) is 0. The molecule has 0 aromatic rings. The molecule has 0 spiro atoms. The molecule has 25 heavy (non-hydrogen) atoms. The number of ether oxygens (including phenoxy) is 1. The minimum Gasteiger partial charge on any atom is -0.393 e. The van der Waals surface area contributed by atoms with Crippen molar-refractivity contribution in [1.82, 2.24) is 0 Å². The number of aliphatic hydroxyl groups is 2. The maximum atomic E-state index is 10.8. The van der Waals surface area contributed by atoms with Crippen LogP contribution in [0, 0.1) is 22.7 Å². The van der Waals surface area contributed by atoms with E-state index in [2.05, 4.69) is 34.6 Å². The van der Waals surface area contributed by atoms with Gasteiger partial charge in [0, 0.05) is 0 Å². The lowest BCUT2D eigenvalue weighted by Crippen LogP contribution is -2.46. The molecule has 0 aliphatic heterocycles. The monoisotopic (exact) mass is 354 g/mol. The average molecular weight is 355 g/mol. The van der Waals surface area contributed by atoms with Gasteiger partial charge < -0.3 is 14.9 Å². The zero-order valence-corrected chi connectivity index (χ0v) is 17.3. The molecule has 2 rings (SSSR count). The van der Waals surface area contributed by atoms with E-state index in [1.807, 2.05) is 0 Å². The Kier molecular flexibility index (Phi) is 7.01. The molecule has 3 nitrogen and oxygen atoms in total. The first-order chi connectivity index (χ1) is 11.7. The fourth-order valence-electron chi connectivity index (χ4n) is 6.24. The first-order valence-corrected chi connectivity index (χ1v) is 10.7. The largest absolute Gasteiger partial charge is 0.393 e. The fourth-order valence-corrected chi connectivity index (χ4v) is 6.24. The van der Waals surface area contributed by atoms with Crippen LogP contribution in [0.5, 0.6) is 0 Å². The van der Waals surface area contributed by atoms with Gasteiger partial charge in [0.2, 0.25) is 0 Å². The molecule has 2 fully saturated rings. The van der Waals surface area contributed by atoms with E-state index in [4.69, 9.17) is 4.74 Å². The van der Waals surface area contributed by atoms with Crippen molar-refractivity contribution in [3.05, 3.63) is 0 Å². The number of aliphatic hydroxyl groups excluding tert-OH is 1. The van der Waals surface area contributed by atoms with Gasteiger partial charge in [-0.1, -0.05) is 53.9 Å². The summed E-state index contributed by atoms with van der Waals surface area (Å²) in [6, 6.07) is 0. The number of hydrogen-bond acceptors (Lipinski definition) is 3. The average Bonchev–Trinajstić information content (AvgIpc) is 2.86. The third-order valence-corrected chi connectivity index (χ3v) is 7.31. The molecule has 0 saturated heterocycles. The SMILES string of the molecule is CCCC(O)(CCC)COCC(C)(C)[C@H]1CCC2C(O)CCCC21C. The first-order valence-electron chi connectivity index (χ1n) is 10.7. The maximum Gasteiger partial charge on any atom is 0.0880 e. The lowest BCUT2D eigenvalue weighted by atomic mass is 9.58. The van der Waals surface area contributed by atoms with Crippen LogP contribution in [-0.2, 0) is 4.74 Å². The van der Waals surface area contributed by atoms with Crippen LogP contribution < -0.4 is 0 Å². The van der Waals surface area contributed by atoms with Gasteiger partial charge in [-0.25, -0.2) is 0 Å². The predicted molar refractivity (Wildman–Crippen MR) is 104 cm³/mol. The van der Waals surface area contributed by atoms with Crippen LogP contribution >= 0.6 is 0 Å². The van der Waals surface area contributed by atoms with E-state index in [-0.39, 0.29) is 16.9 Å². The lowest BCUT2D eigenvalue weighted by molar-refractivity contribution is -0.0992. The molecule has 0 aromatic heterocycles. The van der Waals surface area contributed by atoms with Gasteiger partial charge in [-0.3, -0.25) is 0 Å². The van der Waals surface area contributed by atoms with E-state index >= 15 is 0 Å². The Bertz CT molecular complexity index is 413. The van der Waals surface area contributed by atoms with Gasteiger partial charge in [-0.05, 0) is 61.2 Å². The van der Waals surface area contributed by atoms with Gasteiger partial charge >= 0.3 is 0 Å². The highest BCUT2D eigenvalue weighted by molar-refractivity contribution is 5.04. The summed E-state index contributed by atoms with van der Waals surface area (Å²) < 4.78 is 6.12. The quantitative estimate of drug-likeness (QED) is 0.617. The van der Waals surface area contributed by atoms with Gasteiger partial charge in [0.05, 0.1) is 24.9 Å². The summed E-state index contributed by atoms with van der Waals surface area (Å²) in [6.07, 6.45) is 9.21. The van der Waals surface area contributed by atoms with Crippen LogP contribution in [0.25, 0.3) is 0 Å². The molecule has 2 N–H and O–H groups in total. The number of rotatable bonds is 9. The Morgan fingerprint density at radius 1 is 1.04 bits per heavy atom. The third kappa shape index (κ3) is 4.59. The Hall–Kier alpha value is -0.120. The Labute approximate surface area is 155 Å². The molecule has 3 heteroatoms. The summed E-state index contributed by atoms with van der Waals surface area (Å²) in [5.74, 6) is 1.05. The van der Waals surface area contributed by atoms with E-state index in [0.29, 0.717) is 25.0 Å². The number of fused-ring (bicyclic) bond motifs is 1. The highest BCUT2D eigenvalue weighted by Gasteiger charge is 2.55. The second kappa shape index (κ2) is 8.27. The molecule has 4 atom stereocenters. The zero-order valence-electron chi connectivity index (χ0n) is 17.3. The van der Waals surface area contributed by atoms with Crippen LogP contribution in [0.3, 0.4) is 0 Å². The molecule has 0 amide bonds. The highest BCUT2D eigenvalue weighted by Crippen LogP contribution is 2.60. The van der Waals surface area contributed by atoms with E-state index in [0.717, 1.165) is 44.9 Å². The van der Waals surface area contributed by atoms with Crippen LogP contribution in [0.2, 0.25) is 0 Å². The van der Waals surface area contributed by atoms with E-state index in [9.17, 15) is 10.2 Å². The molecule has 0 radical (unpaired) electrons. The smallest absolute Gasteiger partial charge is 0.0880 e. The lowest BCUT2D eigenvalue weighted by Gasteiger charge is -2.48. The van der Waals surface area contributed by atoms with Crippen molar-refractivity contribution in [2.75, 3.05) is 13.2 Å². The van der Waals surface area contributed by atoms with E-state index in [1.165, 1.54) is 12.8 Å². The minimum atomic E-state index is -0.664. The molecular weight excluding hydrogens is 312 g/mol. The van der Waals surface area contributed by atoms with Crippen LogP contribution in [0.4, 0.5) is 0 Å². The Morgan fingerprint density at radius 3 is 2.28 bits per heavy atom. The van der Waals surface area contributed by atoms with Crippen LogP contribution in [0.15, 0.2) is 0 Å². The van der Waals surface area contributed by atoms with Gasteiger partial charge in [0.15, 0.2) is 0 Å². The molecule has 2 aliphatic carbocycles. The van der Waals surface area contributed by atoms with Gasteiger partial charge in [-0.2, -0.15) is 0 Å². The summed E-state index contributed by atoms with van der Waals surface area (Å²) >= 11 is 0. The highest BCUT2D eigenvalue weighted by atomic mass is 16.5. The summed E-state index contributed by atoms with van der Waals surface area (Å²) in [5.41, 5.74) is -0.337. The van der Waals surface area contributed by atoms with Crippen LogP contribution in [0.1, 0.15) is 92.4 Å². The molecule has 0 bridgehead atoms. The predicted octanol–water partition coefficient (Wildman–Crippen LogP) is 4.94. The Morgan fingerprint density at radius 2 is 1.68 bits per heavy atom. The van der Waals surface area contributed by atoms with Crippen molar-refractivity contribution >= 4 is 0 Å². The van der Waals surface area contributed by atoms with Crippen molar-refractivity contribution in [3.63, 3.8) is 0 Å². The second-order valence-electron chi connectivity index (χ2n) is 9.91. The molecular formula is C22H42O3. The van der Waals surface area contributed by atoms with Gasteiger partial charge in [-0.15, -0.1) is 0 Å². The number of hydrogen-bond donors (Lipinski definition) is 2. The minimum absolute atomic E-state index is 0.0832. The molecule has 2 aliphatic rings. The molecule has 3 unspecified atom stereocenters. The Balaban J connectivity index is 1.97. The van der Waals surface area contributed by atoms with Crippen molar-refractivity contribution in [1.29, 1.82) is 0 Å². The van der Waals surface area contributed by atoms with Crippen molar-refractivity contribution in [2.45, 2.75) is 104 Å². The van der Waals surface area contributed by atoms with Crippen molar-refractivity contribution in [3.8, 4) is 0 Å². The van der Waals surface area contributed by atoms with Crippen LogP contribution in [-0.4, -0.2) is 35.1 Å². The second-order valence-corrected chi connectivity index (χ2v) is 9.91.